The van der Waals surface area contributed by atoms with Gasteiger partial charge in [-0.15, -0.1) is 0 Å². The predicted octanol–water partition coefficient (Wildman–Crippen LogP) is 2.71. The Morgan fingerprint density at radius 3 is 2.39 bits per heavy atom. The SMILES string of the molecule is O=C(NN=Cc1c(F)cccc1Cl)C(=O)Nc1ccccc1F. The van der Waals surface area contributed by atoms with Crippen molar-refractivity contribution in [3.63, 3.8) is 0 Å². The molecule has 2 amide bonds. The van der Waals surface area contributed by atoms with Crippen molar-refractivity contribution in [2.75, 3.05) is 5.32 Å². The van der Waals surface area contributed by atoms with Crippen LogP contribution in [0.1, 0.15) is 5.56 Å². The molecule has 8 heteroatoms. The molecule has 0 bridgehead atoms. The van der Waals surface area contributed by atoms with Gasteiger partial charge in [0.15, 0.2) is 0 Å². The van der Waals surface area contributed by atoms with Crippen LogP contribution in [0.3, 0.4) is 0 Å². The van der Waals surface area contributed by atoms with E-state index in [1.807, 2.05) is 5.43 Å². The van der Waals surface area contributed by atoms with Crippen molar-refractivity contribution in [1.29, 1.82) is 0 Å². The number of anilines is 1. The van der Waals surface area contributed by atoms with Gasteiger partial charge in [-0.2, -0.15) is 5.10 Å². The number of hydrazone groups is 1. The molecular weight excluding hydrogens is 328 g/mol. The Labute approximate surface area is 135 Å². The second-order valence-corrected chi connectivity index (χ2v) is 4.68. The molecule has 2 aromatic rings. The minimum atomic E-state index is -1.14. The summed E-state index contributed by atoms with van der Waals surface area (Å²) in [6.07, 6.45) is 0.964. The van der Waals surface area contributed by atoms with Crippen LogP contribution in [0, 0.1) is 11.6 Å². The van der Waals surface area contributed by atoms with E-state index < -0.39 is 23.4 Å². The largest absolute Gasteiger partial charge is 0.329 e. The summed E-state index contributed by atoms with van der Waals surface area (Å²) in [5, 5.41) is 5.62. The lowest BCUT2D eigenvalue weighted by molar-refractivity contribution is -0.136. The summed E-state index contributed by atoms with van der Waals surface area (Å²) in [5.74, 6) is -3.58. The zero-order valence-electron chi connectivity index (χ0n) is 11.5. The number of carbonyl (C=O) groups is 2. The Kier molecular flexibility index (Phi) is 5.37. The van der Waals surface area contributed by atoms with Gasteiger partial charge in [0.2, 0.25) is 0 Å². The van der Waals surface area contributed by atoms with E-state index in [-0.39, 0.29) is 16.3 Å². The highest BCUT2D eigenvalue weighted by molar-refractivity contribution is 6.39. The average Bonchev–Trinajstić information content (AvgIpc) is 2.52. The number of benzene rings is 2. The van der Waals surface area contributed by atoms with E-state index in [0.717, 1.165) is 12.3 Å². The molecule has 0 heterocycles. The zero-order chi connectivity index (χ0) is 16.8. The third kappa shape index (κ3) is 4.33. The fraction of sp³-hybridized carbons (Fsp3) is 0. The minimum absolute atomic E-state index is 0.0380. The molecule has 0 radical (unpaired) electrons. The average molecular weight is 338 g/mol. The number of rotatable bonds is 3. The van der Waals surface area contributed by atoms with Gasteiger partial charge >= 0.3 is 11.8 Å². The standard InChI is InChI=1S/C15H10ClF2N3O2/c16-10-4-3-6-11(17)9(10)8-19-21-15(23)14(22)20-13-7-2-1-5-12(13)18/h1-8H,(H,20,22)(H,21,23). The quantitative estimate of drug-likeness (QED) is 0.513. The first-order chi connectivity index (χ1) is 11.0. The molecule has 2 rings (SSSR count). The van der Waals surface area contributed by atoms with Gasteiger partial charge in [-0.05, 0) is 24.3 Å². The smallest absolute Gasteiger partial charge is 0.315 e. The van der Waals surface area contributed by atoms with Crippen LogP contribution in [0.25, 0.3) is 0 Å². The van der Waals surface area contributed by atoms with Crippen molar-refractivity contribution < 1.29 is 18.4 Å². The van der Waals surface area contributed by atoms with E-state index >= 15 is 0 Å². The minimum Gasteiger partial charge on any atom is -0.315 e. The van der Waals surface area contributed by atoms with Crippen molar-refractivity contribution in [2.24, 2.45) is 5.10 Å². The molecule has 0 aromatic heterocycles. The number of nitrogens with zero attached hydrogens (tertiary/aromatic N) is 1. The maximum absolute atomic E-state index is 13.5. The van der Waals surface area contributed by atoms with Gasteiger partial charge in [0.25, 0.3) is 0 Å². The van der Waals surface area contributed by atoms with Gasteiger partial charge in [0, 0.05) is 5.56 Å². The van der Waals surface area contributed by atoms with Crippen LogP contribution in [0.4, 0.5) is 14.5 Å². The maximum Gasteiger partial charge on any atom is 0.329 e. The van der Waals surface area contributed by atoms with Gasteiger partial charge in [-0.1, -0.05) is 29.8 Å². The number of carbonyl (C=O) groups excluding carboxylic acids is 2. The zero-order valence-corrected chi connectivity index (χ0v) is 12.3. The van der Waals surface area contributed by atoms with E-state index in [0.29, 0.717) is 0 Å². The van der Waals surface area contributed by atoms with Gasteiger partial charge in [-0.25, -0.2) is 14.2 Å². The molecule has 118 valence electrons. The van der Waals surface area contributed by atoms with Crippen molar-refractivity contribution in [3.8, 4) is 0 Å². The van der Waals surface area contributed by atoms with Crippen LogP contribution in [-0.2, 0) is 9.59 Å². The summed E-state index contributed by atoms with van der Waals surface area (Å²) < 4.78 is 26.8. The molecule has 2 aromatic carbocycles. The van der Waals surface area contributed by atoms with Crippen molar-refractivity contribution >= 4 is 35.3 Å². The third-order valence-corrected chi connectivity index (χ3v) is 3.02. The molecule has 0 saturated heterocycles. The molecule has 0 aliphatic heterocycles. The van der Waals surface area contributed by atoms with Crippen LogP contribution in [0.15, 0.2) is 47.6 Å². The van der Waals surface area contributed by atoms with E-state index in [9.17, 15) is 18.4 Å². The lowest BCUT2D eigenvalue weighted by Crippen LogP contribution is -2.32. The number of amides is 2. The molecule has 0 fully saturated rings. The fourth-order valence-electron chi connectivity index (χ4n) is 1.58. The topological polar surface area (TPSA) is 70.6 Å². The van der Waals surface area contributed by atoms with E-state index in [4.69, 9.17) is 11.6 Å². The van der Waals surface area contributed by atoms with Crippen LogP contribution in [0.5, 0.6) is 0 Å². The van der Waals surface area contributed by atoms with Gasteiger partial charge in [0.05, 0.1) is 16.9 Å². The number of nitrogens with one attached hydrogen (secondary N) is 2. The molecule has 2 N–H and O–H groups in total. The van der Waals surface area contributed by atoms with E-state index in [1.165, 1.54) is 36.4 Å². The first-order valence-corrected chi connectivity index (χ1v) is 6.70. The molecule has 0 aliphatic rings. The fourth-order valence-corrected chi connectivity index (χ4v) is 1.79. The molecule has 0 spiro atoms. The molecule has 0 atom stereocenters. The Morgan fingerprint density at radius 1 is 1.00 bits per heavy atom. The molecule has 0 aliphatic carbocycles. The van der Waals surface area contributed by atoms with E-state index in [2.05, 4.69) is 10.4 Å². The summed E-state index contributed by atoms with van der Waals surface area (Å²) in [6, 6.07) is 9.38. The third-order valence-electron chi connectivity index (χ3n) is 2.69. The van der Waals surface area contributed by atoms with Gasteiger partial charge in [-0.3, -0.25) is 9.59 Å². The molecular formula is C15H10ClF2N3O2. The molecule has 0 unspecified atom stereocenters. The monoisotopic (exact) mass is 337 g/mol. The highest BCUT2D eigenvalue weighted by Gasteiger charge is 2.14. The predicted molar refractivity (Wildman–Crippen MR) is 82.2 cm³/mol. The highest BCUT2D eigenvalue weighted by atomic mass is 35.5. The Morgan fingerprint density at radius 2 is 1.70 bits per heavy atom. The molecule has 0 saturated carbocycles. The Hall–Kier alpha value is -2.80. The first-order valence-electron chi connectivity index (χ1n) is 6.32. The Bertz CT molecular complexity index is 761. The summed E-state index contributed by atoms with van der Waals surface area (Å²) in [5.41, 5.74) is 1.71. The van der Waals surface area contributed by atoms with Crippen molar-refractivity contribution in [2.45, 2.75) is 0 Å². The van der Waals surface area contributed by atoms with Crippen molar-refractivity contribution in [1.82, 2.24) is 5.43 Å². The number of halogens is 3. The maximum atomic E-state index is 13.5. The molecule has 23 heavy (non-hydrogen) atoms. The summed E-state index contributed by atoms with van der Waals surface area (Å²) >= 11 is 5.77. The van der Waals surface area contributed by atoms with Crippen LogP contribution in [-0.4, -0.2) is 18.0 Å². The lowest BCUT2D eigenvalue weighted by Gasteiger charge is -2.04. The number of hydrogen-bond acceptors (Lipinski definition) is 3. The lowest BCUT2D eigenvalue weighted by atomic mass is 10.2. The highest BCUT2D eigenvalue weighted by Crippen LogP contribution is 2.16. The first kappa shape index (κ1) is 16.6. The summed E-state index contributed by atoms with van der Waals surface area (Å²) in [4.78, 5) is 23.1. The van der Waals surface area contributed by atoms with Crippen LogP contribution >= 0.6 is 11.6 Å². The van der Waals surface area contributed by atoms with Crippen molar-refractivity contribution in [3.05, 3.63) is 64.7 Å². The summed E-state index contributed by atoms with van der Waals surface area (Å²) in [6.45, 7) is 0. The van der Waals surface area contributed by atoms with E-state index in [1.54, 1.807) is 0 Å². The van der Waals surface area contributed by atoms with Crippen LogP contribution in [0.2, 0.25) is 5.02 Å². The van der Waals surface area contributed by atoms with Gasteiger partial charge < -0.3 is 5.32 Å². The molecule has 5 nitrogen and oxygen atoms in total. The second kappa shape index (κ2) is 7.46. The number of hydrogen-bond donors (Lipinski definition) is 2. The number of para-hydroxylation sites is 1. The normalized spacial score (nSPS) is 10.6. The Balaban J connectivity index is 1.98. The second-order valence-electron chi connectivity index (χ2n) is 4.27. The van der Waals surface area contributed by atoms with Crippen LogP contribution < -0.4 is 10.7 Å². The van der Waals surface area contributed by atoms with Gasteiger partial charge in [0.1, 0.15) is 11.6 Å². The summed E-state index contributed by atoms with van der Waals surface area (Å²) in [7, 11) is 0.